The fraction of sp³-hybridized carbons (Fsp3) is 0.517. The molecule has 11 heteroatoms. The molecule has 2 aromatic rings. The van der Waals surface area contributed by atoms with Gasteiger partial charge in [0.2, 0.25) is 0 Å². The summed E-state index contributed by atoms with van der Waals surface area (Å²) >= 11 is 0. The molecule has 0 spiro atoms. The average molecular weight is 572 g/mol. The normalized spacial score (nSPS) is 18.8. The number of piperidine rings is 1. The Balaban J connectivity index is 1.33. The van der Waals surface area contributed by atoms with Gasteiger partial charge in [0.1, 0.15) is 5.75 Å². The van der Waals surface area contributed by atoms with E-state index in [9.17, 15) is 41.0 Å². The molecule has 2 aromatic carbocycles. The van der Waals surface area contributed by atoms with Crippen LogP contribution < -0.4 is 4.74 Å². The summed E-state index contributed by atoms with van der Waals surface area (Å²) in [6.45, 7) is 2.58. The fourth-order valence-corrected chi connectivity index (χ4v) is 5.49. The number of carbonyl (C=O) groups is 2. The van der Waals surface area contributed by atoms with Gasteiger partial charge in [0, 0.05) is 6.54 Å². The summed E-state index contributed by atoms with van der Waals surface area (Å²) in [7, 11) is 0. The van der Waals surface area contributed by atoms with Crippen molar-refractivity contribution in [3.05, 3.63) is 64.7 Å². The minimum absolute atomic E-state index is 0.124. The maximum atomic E-state index is 13.4. The van der Waals surface area contributed by atoms with Gasteiger partial charge in [0.05, 0.1) is 23.0 Å². The van der Waals surface area contributed by atoms with Crippen LogP contribution in [0.25, 0.3) is 0 Å². The summed E-state index contributed by atoms with van der Waals surface area (Å²) in [5.74, 6) is -1.89. The van der Waals surface area contributed by atoms with Gasteiger partial charge in [-0.25, -0.2) is 0 Å². The predicted molar refractivity (Wildman–Crippen MR) is 134 cm³/mol. The predicted octanol–water partition coefficient (Wildman–Crippen LogP) is 6.80. The molecule has 1 heterocycles. The third-order valence-corrected chi connectivity index (χ3v) is 7.88. The van der Waals surface area contributed by atoms with E-state index in [4.69, 9.17) is 4.74 Å². The van der Waals surface area contributed by atoms with E-state index in [1.807, 2.05) is 11.0 Å². The molecule has 0 aromatic heterocycles. The molecule has 0 unspecified atom stereocenters. The minimum atomic E-state index is -4.77. The number of rotatable bonds is 9. The number of carboxylic acid groups (broad SMARTS) is 1. The van der Waals surface area contributed by atoms with Crippen molar-refractivity contribution in [3.8, 4) is 5.75 Å². The van der Waals surface area contributed by atoms with Gasteiger partial charge in [-0.3, -0.25) is 9.59 Å². The molecule has 1 aliphatic carbocycles. The largest absolute Gasteiger partial charge is 0.481 e. The number of halogens is 6. The second-order valence-corrected chi connectivity index (χ2v) is 10.7. The van der Waals surface area contributed by atoms with Gasteiger partial charge in [-0.2, -0.15) is 26.3 Å². The summed E-state index contributed by atoms with van der Waals surface area (Å²) < 4.78 is 85.0. The number of carbonyl (C=O) groups excluding carboxylic acids is 1. The number of alkyl halides is 6. The number of hydrogen-bond donors (Lipinski definition) is 1. The first-order valence-electron chi connectivity index (χ1n) is 13.3. The third kappa shape index (κ3) is 7.35. The van der Waals surface area contributed by atoms with Crippen molar-refractivity contribution in [1.82, 2.24) is 4.90 Å². The number of ether oxygens (including phenoxy) is 1. The zero-order chi connectivity index (χ0) is 29.2. The lowest BCUT2D eigenvalue weighted by Gasteiger charge is -2.31. The number of hydrogen-bond acceptors (Lipinski definition) is 4. The molecular weight excluding hydrogens is 540 g/mol. The molecule has 1 saturated heterocycles. The van der Waals surface area contributed by atoms with Crippen molar-refractivity contribution in [2.75, 3.05) is 19.6 Å². The van der Waals surface area contributed by atoms with Crippen LogP contribution in [0, 0.1) is 17.8 Å². The van der Waals surface area contributed by atoms with Gasteiger partial charge in [-0.15, -0.1) is 0 Å². The number of esters is 1. The van der Waals surface area contributed by atoms with Crippen molar-refractivity contribution in [2.24, 2.45) is 17.8 Å². The van der Waals surface area contributed by atoms with E-state index in [2.05, 4.69) is 0 Å². The third-order valence-electron chi connectivity index (χ3n) is 7.88. The van der Waals surface area contributed by atoms with Crippen LogP contribution in [0.4, 0.5) is 26.3 Å². The highest BCUT2D eigenvalue weighted by Crippen LogP contribution is 2.47. The average Bonchev–Trinajstić information content (AvgIpc) is 3.72. The molecule has 1 N–H and O–H groups in total. The Labute approximate surface area is 228 Å². The highest BCUT2D eigenvalue weighted by atomic mass is 19.4. The van der Waals surface area contributed by atoms with Crippen LogP contribution in [-0.4, -0.2) is 41.6 Å². The number of nitrogens with zero attached hydrogens (tertiary/aromatic N) is 1. The van der Waals surface area contributed by atoms with E-state index in [1.165, 1.54) is 0 Å². The van der Waals surface area contributed by atoms with Crippen molar-refractivity contribution in [2.45, 2.75) is 57.3 Å². The van der Waals surface area contributed by atoms with Crippen LogP contribution in [0.3, 0.4) is 0 Å². The summed E-state index contributed by atoms with van der Waals surface area (Å²) in [6.07, 6.45) is -7.02. The van der Waals surface area contributed by atoms with Crippen molar-refractivity contribution in [3.63, 3.8) is 0 Å². The maximum absolute atomic E-state index is 13.4. The Bertz CT molecular complexity index is 1220. The smallest absolute Gasteiger partial charge is 0.416 e. The van der Waals surface area contributed by atoms with E-state index in [0.29, 0.717) is 49.9 Å². The molecule has 1 saturated carbocycles. The van der Waals surface area contributed by atoms with Gasteiger partial charge < -0.3 is 14.7 Å². The van der Waals surface area contributed by atoms with E-state index in [1.54, 1.807) is 25.1 Å². The zero-order valence-electron chi connectivity index (χ0n) is 21.9. The molecule has 0 radical (unpaired) electrons. The van der Waals surface area contributed by atoms with Crippen LogP contribution in [0.2, 0.25) is 0 Å². The molecule has 2 fully saturated rings. The standard InChI is InChI=1S/C29H31F6NO4/c1-17(26(37)38)25(18-5-6-18)21-3-2-4-23(16-21)40-27(39)19-9-12-36(13-10-19)14-11-20-15-22(28(30,31)32)7-8-24(20)29(33,34)35/h2-4,7-8,15-19,25H,5-6,9-14H2,1H3,(H,37,38)/t17-,25-/m0/s1. The summed E-state index contributed by atoms with van der Waals surface area (Å²) in [5.41, 5.74) is -1.81. The Morgan fingerprint density at radius 3 is 2.23 bits per heavy atom. The lowest BCUT2D eigenvalue weighted by atomic mass is 9.83. The number of carboxylic acids is 1. The molecular formula is C29H31F6NO4. The van der Waals surface area contributed by atoms with E-state index in [0.717, 1.165) is 18.4 Å². The summed E-state index contributed by atoms with van der Waals surface area (Å²) in [5, 5.41) is 9.51. The Hall–Kier alpha value is -3.08. The minimum Gasteiger partial charge on any atom is -0.481 e. The second kappa shape index (κ2) is 11.8. The Morgan fingerprint density at radius 1 is 0.975 bits per heavy atom. The number of likely N-dealkylation sites (tertiary alicyclic amines) is 1. The van der Waals surface area contributed by atoms with Crippen LogP contribution in [0.15, 0.2) is 42.5 Å². The lowest BCUT2D eigenvalue weighted by Crippen LogP contribution is -2.38. The van der Waals surface area contributed by atoms with Gasteiger partial charge in [-0.1, -0.05) is 19.1 Å². The van der Waals surface area contributed by atoms with E-state index in [-0.39, 0.29) is 24.8 Å². The van der Waals surface area contributed by atoms with Crippen molar-refractivity contribution >= 4 is 11.9 Å². The lowest BCUT2D eigenvalue weighted by molar-refractivity contribution is -0.142. The first-order valence-corrected chi connectivity index (χ1v) is 13.3. The van der Waals surface area contributed by atoms with Crippen molar-refractivity contribution in [1.29, 1.82) is 0 Å². The molecule has 0 amide bonds. The maximum Gasteiger partial charge on any atom is 0.416 e. The quantitative estimate of drug-likeness (QED) is 0.204. The monoisotopic (exact) mass is 571 g/mol. The van der Waals surface area contributed by atoms with E-state index < -0.39 is 52.8 Å². The fourth-order valence-electron chi connectivity index (χ4n) is 5.49. The van der Waals surface area contributed by atoms with Gasteiger partial charge >= 0.3 is 24.3 Å². The Kier molecular flexibility index (Phi) is 8.82. The second-order valence-electron chi connectivity index (χ2n) is 10.7. The molecule has 4 rings (SSSR count). The van der Waals surface area contributed by atoms with Gasteiger partial charge in [0.25, 0.3) is 0 Å². The number of benzene rings is 2. The highest BCUT2D eigenvalue weighted by Gasteiger charge is 2.39. The molecule has 218 valence electrons. The first kappa shape index (κ1) is 29.9. The Morgan fingerprint density at radius 2 is 1.65 bits per heavy atom. The first-order chi connectivity index (χ1) is 18.7. The molecule has 5 nitrogen and oxygen atoms in total. The molecule has 40 heavy (non-hydrogen) atoms. The summed E-state index contributed by atoms with van der Waals surface area (Å²) in [6, 6.07) is 8.40. The van der Waals surface area contributed by atoms with Gasteiger partial charge in [0.15, 0.2) is 0 Å². The van der Waals surface area contributed by atoms with Crippen LogP contribution in [0.5, 0.6) is 5.75 Å². The van der Waals surface area contributed by atoms with E-state index >= 15 is 0 Å². The molecule has 0 bridgehead atoms. The van der Waals surface area contributed by atoms with Crippen LogP contribution in [-0.2, 0) is 28.4 Å². The van der Waals surface area contributed by atoms with Gasteiger partial charge in [-0.05, 0) is 98.5 Å². The molecule has 2 aliphatic rings. The molecule has 2 atom stereocenters. The number of aliphatic carboxylic acids is 1. The summed E-state index contributed by atoms with van der Waals surface area (Å²) in [4.78, 5) is 26.3. The highest BCUT2D eigenvalue weighted by molar-refractivity contribution is 5.75. The molecule has 1 aliphatic heterocycles. The van der Waals surface area contributed by atoms with Crippen LogP contribution in [0.1, 0.15) is 60.8 Å². The van der Waals surface area contributed by atoms with Crippen molar-refractivity contribution < 1.29 is 45.8 Å². The zero-order valence-corrected chi connectivity index (χ0v) is 21.9. The SMILES string of the molecule is C[C@H](C(=O)O)[C@H](c1cccc(OC(=O)C2CCN(CCc3cc(C(F)(F)F)ccc3C(F)(F)F)CC2)c1)C1CC1. The topological polar surface area (TPSA) is 66.8 Å². The van der Waals surface area contributed by atoms with Crippen LogP contribution >= 0.6 is 0 Å².